The quantitative estimate of drug-likeness (QED) is 0.683. The first-order valence-electron chi connectivity index (χ1n) is 9.11. The van der Waals surface area contributed by atoms with E-state index in [0.29, 0.717) is 16.8 Å². The molecule has 0 fully saturated rings. The summed E-state index contributed by atoms with van der Waals surface area (Å²) in [5, 5.41) is 8.99. The summed E-state index contributed by atoms with van der Waals surface area (Å²) >= 11 is 1.34. The van der Waals surface area contributed by atoms with E-state index >= 15 is 0 Å². The number of fused-ring (bicyclic) bond motifs is 2. The third-order valence-electron chi connectivity index (χ3n) is 4.75. The molecular formula is C19H22N6OS. The Balaban J connectivity index is 1.53. The molecule has 1 aliphatic rings. The maximum absolute atomic E-state index is 12.9. The van der Waals surface area contributed by atoms with Gasteiger partial charge in [0.15, 0.2) is 10.8 Å². The smallest absolute Gasteiger partial charge is 0.237 e. The Morgan fingerprint density at radius 3 is 2.96 bits per heavy atom. The zero-order chi connectivity index (χ0) is 19.0. The van der Waals surface area contributed by atoms with E-state index in [1.165, 1.54) is 17.3 Å². The second kappa shape index (κ2) is 7.19. The van der Waals surface area contributed by atoms with Crippen LogP contribution in [0.3, 0.4) is 0 Å². The third kappa shape index (κ3) is 3.25. The Bertz CT molecular complexity index is 1000. The van der Waals surface area contributed by atoms with E-state index in [4.69, 9.17) is 5.73 Å². The van der Waals surface area contributed by atoms with Gasteiger partial charge in [0.05, 0.1) is 5.75 Å². The first-order chi connectivity index (χ1) is 13.1. The number of rotatable bonds is 5. The van der Waals surface area contributed by atoms with Crippen LogP contribution in [-0.4, -0.2) is 37.3 Å². The average Bonchev–Trinajstić information content (AvgIpc) is 3.20. The van der Waals surface area contributed by atoms with Crippen molar-refractivity contribution in [1.29, 1.82) is 0 Å². The molecule has 0 bridgehead atoms. The molecule has 140 valence electrons. The monoisotopic (exact) mass is 382 g/mol. The lowest BCUT2D eigenvalue weighted by Gasteiger charge is -2.22. The molecule has 1 amide bonds. The zero-order valence-corrected chi connectivity index (χ0v) is 16.2. The van der Waals surface area contributed by atoms with Crippen molar-refractivity contribution >= 4 is 35.0 Å². The summed E-state index contributed by atoms with van der Waals surface area (Å²) in [5.41, 5.74) is 9.91. The molecule has 0 radical (unpaired) electrons. The molecule has 1 aliphatic heterocycles. The maximum Gasteiger partial charge on any atom is 0.237 e. The van der Waals surface area contributed by atoms with Crippen LogP contribution >= 0.6 is 11.8 Å². The molecule has 3 aromatic rings. The van der Waals surface area contributed by atoms with Crippen LogP contribution < -0.4 is 10.6 Å². The van der Waals surface area contributed by atoms with E-state index in [0.717, 1.165) is 30.6 Å². The molecule has 1 aromatic carbocycles. The van der Waals surface area contributed by atoms with Gasteiger partial charge in [-0.1, -0.05) is 43.3 Å². The predicted octanol–water partition coefficient (Wildman–Crippen LogP) is 2.73. The van der Waals surface area contributed by atoms with Crippen molar-refractivity contribution in [2.45, 2.75) is 44.3 Å². The van der Waals surface area contributed by atoms with E-state index in [1.54, 1.807) is 4.40 Å². The van der Waals surface area contributed by atoms with E-state index in [-0.39, 0.29) is 17.7 Å². The molecule has 27 heavy (non-hydrogen) atoms. The van der Waals surface area contributed by atoms with Crippen LogP contribution in [0.4, 0.5) is 11.6 Å². The van der Waals surface area contributed by atoms with Crippen LogP contribution in [0.1, 0.15) is 31.5 Å². The Kier molecular flexibility index (Phi) is 4.73. The van der Waals surface area contributed by atoms with Gasteiger partial charge in [-0.05, 0) is 31.4 Å². The van der Waals surface area contributed by atoms with Crippen molar-refractivity contribution in [3.63, 3.8) is 0 Å². The predicted molar refractivity (Wildman–Crippen MR) is 107 cm³/mol. The second-order valence-electron chi connectivity index (χ2n) is 6.77. The molecule has 2 N–H and O–H groups in total. The number of benzene rings is 1. The van der Waals surface area contributed by atoms with E-state index < -0.39 is 0 Å². The average molecular weight is 382 g/mol. The van der Waals surface area contributed by atoms with E-state index in [1.807, 2.05) is 29.2 Å². The molecule has 1 atom stereocenters. The normalized spacial score (nSPS) is 16.1. The summed E-state index contributed by atoms with van der Waals surface area (Å²) in [6.07, 6.45) is 2.72. The van der Waals surface area contributed by atoms with E-state index in [9.17, 15) is 4.79 Å². The number of aryl methyl sites for hydroxylation is 1. The Morgan fingerprint density at radius 1 is 1.33 bits per heavy atom. The lowest BCUT2D eigenvalue weighted by Crippen LogP contribution is -2.37. The largest absolute Gasteiger partial charge is 0.369 e. The highest BCUT2D eigenvalue weighted by Crippen LogP contribution is 2.32. The van der Waals surface area contributed by atoms with E-state index in [2.05, 4.69) is 35.1 Å². The molecule has 2 aromatic heterocycles. The number of hydrogen-bond acceptors (Lipinski definition) is 6. The van der Waals surface area contributed by atoms with Crippen LogP contribution in [0.2, 0.25) is 0 Å². The fourth-order valence-electron chi connectivity index (χ4n) is 3.59. The fraction of sp³-hybridized carbons (Fsp3) is 0.368. The minimum Gasteiger partial charge on any atom is -0.369 e. The lowest BCUT2D eigenvalue weighted by atomic mass is 10.1. The van der Waals surface area contributed by atoms with Gasteiger partial charge >= 0.3 is 0 Å². The lowest BCUT2D eigenvalue weighted by molar-refractivity contribution is -0.116. The first-order valence-corrected chi connectivity index (χ1v) is 10.1. The number of para-hydroxylation sites is 1. The van der Waals surface area contributed by atoms with Gasteiger partial charge in [-0.2, -0.15) is 0 Å². The molecule has 0 saturated heterocycles. The molecular weight excluding hydrogens is 360 g/mol. The molecule has 0 spiro atoms. The van der Waals surface area contributed by atoms with Crippen LogP contribution in [0.25, 0.3) is 5.65 Å². The summed E-state index contributed by atoms with van der Waals surface area (Å²) in [6, 6.07) is 10.1. The van der Waals surface area contributed by atoms with Crippen molar-refractivity contribution in [1.82, 2.24) is 19.6 Å². The van der Waals surface area contributed by atoms with Gasteiger partial charge in [-0.15, -0.1) is 10.2 Å². The van der Waals surface area contributed by atoms with Crippen molar-refractivity contribution in [2.75, 3.05) is 16.4 Å². The Hall–Kier alpha value is -2.61. The Morgan fingerprint density at radius 2 is 2.15 bits per heavy atom. The number of nitrogens with two attached hydrogens (primary N) is 1. The Labute approximate surface area is 162 Å². The van der Waals surface area contributed by atoms with Crippen LogP contribution in [-0.2, 0) is 17.6 Å². The summed E-state index contributed by atoms with van der Waals surface area (Å²) in [5.74, 6) is 0.689. The van der Waals surface area contributed by atoms with Gasteiger partial charge in [-0.3, -0.25) is 4.79 Å². The fourth-order valence-corrected chi connectivity index (χ4v) is 4.39. The highest BCUT2D eigenvalue weighted by atomic mass is 32.2. The number of carbonyl (C=O) groups excluding carboxylic acids is 1. The molecule has 0 aliphatic carbocycles. The van der Waals surface area contributed by atoms with Crippen molar-refractivity contribution in [3.8, 4) is 0 Å². The zero-order valence-electron chi connectivity index (χ0n) is 15.4. The van der Waals surface area contributed by atoms with Gasteiger partial charge in [0, 0.05) is 23.5 Å². The van der Waals surface area contributed by atoms with Crippen LogP contribution in [0, 0.1) is 0 Å². The molecule has 0 unspecified atom stereocenters. The highest BCUT2D eigenvalue weighted by Gasteiger charge is 2.30. The third-order valence-corrected chi connectivity index (χ3v) is 5.66. The number of aromatic nitrogens is 4. The molecule has 8 heteroatoms. The summed E-state index contributed by atoms with van der Waals surface area (Å²) in [6.45, 7) is 4.17. The van der Waals surface area contributed by atoms with Crippen molar-refractivity contribution in [2.24, 2.45) is 0 Å². The molecule has 4 rings (SSSR count). The number of amides is 1. The topological polar surface area (TPSA) is 89.4 Å². The standard InChI is InChI=1S/C19H22N6OS/c1-3-6-14-10-16-22-23-19(25(16)18(20)21-14)27-11-17(26)24-12(2)9-13-7-4-5-8-15(13)24/h4-5,7-8,10,12H,3,6,9,11H2,1-2H3,(H2,20,21)/t12-/m0/s1. The number of carbonyl (C=O) groups is 1. The molecule has 0 saturated carbocycles. The molecule has 3 heterocycles. The van der Waals surface area contributed by atoms with Crippen LogP contribution in [0.5, 0.6) is 0 Å². The number of nitrogen functional groups attached to an aromatic ring is 1. The highest BCUT2D eigenvalue weighted by molar-refractivity contribution is 7.99. The van der Waals surface area contributed by atoms with Gasteiger partial charge in [0.1, 0.15) is 0 Å². The van der Waals surface area contributed by atoms with Gasteiger partial charge < -0.3 is 10.6 Å². The number of anilines is 2. The van der Waals surface area contributed by atoms with Gasteiger partial charge in [0.25, 0.3) is 0 Å². The van der Waals surface area contributed by atoms with Crippen molar-refractivity contribution in [3.05, 3.63) is 41.6 Å². The number of hydrogen-bond donors (Lipinski definition) is 1. The number of thioether (sulfide) groups is 1. The summed E-state index contributed by atoms with van der Waals surface area (Å²) in [7, 11) is 0. The van der Waals surface area contributed by atoms with Gasteiger partial charge in [-0.25, -0.2) is 9.38 Å². The number of nitrogens with zero attached hydrogens (tertiary/aromatic N) is 5. The van der Waals surface area contributed by atoms with Crippen molar-refractivity contribution < 1.29 is 4.79 Å². The van der Waals surface area contributed by atoms with Gasteiger partial charge in [0.2, 0.25) is 11.9 Å². The summed E-state index contributed by atoms with van der Waals surface area (Å²) < 4.78 is 1.71. The van der Waals surface area contributed by atoms with Crippen LogP contribution in [0.15, 0.2) is 35.5 Å². The SMILES string of the molecule is CCCc1cc2nnc(SCC(=O)N3c4ccccc4C[C@@H]3C)n2c(N)n1. The minimum absolute atomic E-state index is 0.0586. The second-order valence-corrected chi connectivity index (χ2v) is 7.71. The first kappa shape index (κ1) is 17.8. The molecule has 7 nitrogen and oxygen atoms in total. The maximum atomic E-state index is 12.9. The minimum atomic E-state index is 0.0586. The summed E-state index contributed by atoms with van der Waals surface area (Å²) in [4.78, 5) is 19.2.